The molecule has 0 aliphatic carbocycles. The second-order valence-corrected chi connectivity index (χ2v) is 6.14. The summed E-state index contributed by atoms with van der Waals surface area (Å²) in [5, 5.41) is 6.76. The summed E-state index contributed by atoms with van der Waals surface area (Å²) in [6.45, 7) is 8.31. The predicted octanol–water partition coefficient (Wildman–Crippen LogP) is 3.02. The molecule has 2 aromatic rings. The largest absolute Gasteiger partial charge is 0.494 e. The number of nitrogens with one attached hydrogen (secondary N) is 2. The molecular formula is C15H21N3O2S. The van der Waals surface area contributed by atoms with Crippen molar-refractivity contribution in [3.63, 3.8) is 0 Å². The molecule has 5 nitrogen and oxygen atoms in total. The molecule has 0 saturated heterocycles. The van der Waals surface area contributed by atoms with E-state index in [1.54, 1.807) is 0 Å². The molecule has 0 radical (unpaired) electrons. The average Bonchev–Trinajstić information content (AvgIpc) is 2.79. The van der Waals surface area contributed by atoms with E-state index in [2.05, 4.69) is 15.6 Å². The third-order valence-corrected chi connectivity index (χ3v) is 3.78. The van der Waals surface area contributed by atoms with Crippen LogP contribution in [-0.4, -0.2) is 29.6 Å². The van der Waals surface area contributed by atoms with Crippen molar-refractivity contribution in [2.45, 2.75) is 39.8 Å². The van der Waals surface area contributed by atoms with E-state index in [1.807, 2.05) is 45.9 Å². The zero-order chi connectivity index (χ0) is 15.4. The quantitative estimate of drug-likeness (QED) is 0.861. The van der Waals surface area contributed by atoms with E-state index in [9.17, 15) is 4.79 Å². The van der Waals surface area contributed by atoms with Crippen LogP contribution in [0.15, 0.2) is 18.2 Å². The van der Waals surface area contributed by atoms with Crippen molar-refractivity contribution in [3.05, 3.63) is 18.2 Å². The molecule has 1 unspecified atom stereocenters. The van der Waals surface area contributed by atoms with Gasteiger partial charge in [-0.1, -0.05) is 11.3 Å². The minimum Gasteiger partial charge on any atom is -0.494 e. The zero-order valence-electron chi connectivity index (χ0n) is 12.8. The van der Waals surface area contributed by atoms with Gasteiger partial charge in [0.2, 0.25) is 5.91 Å². The average molecular weight is 307 g/mol. The highest BCUT2D eigenvalue weighted by molar-refractivity contribution is 7.22. The van der Waals surface area contributed by atoms with Crippen molar-refractivity contribution >= 4 is 32.6 Å². The fraction of sp³-hybridized carbons (Fsp3) is 0.467. The predicted molar refractivity (Wildman–Crippen MR) is 87.2 cm³/mol. The van der Waals surface area contributed by atoms with Crippen LogP contribution in [0.2, 0.25) is 0 Å². The lowest BCUT2D eigenvalue weighted by Crippen LogP contribution is -2.40. The summed E-state index contributed by atoms with van der Waals surface area (Å²) in [6, 6.07) is 5.62. The van der Waals surface area contributed by atoms with Crippen LogP contribution in [0.5, 0.6) is 5.75 Å². The Kier molecular flexibility index (Phi) is 5.01. The first-order chi connectivity index (χ1) is 9.99. The number of hydrogen-bond donors (Lipinski definition) is 2. The maximum Gasteiger partial charge on any atom is 0.242 e. The SMILES string of the molecule is CCOc1ccc2nc(NC(C)C(=O)NC(C)C)sc2c1. The van der Waals surface area contributed by atoms with Gasteiger partial charge in [-0.3, -0.25) is 4.79 Å². The lowest BCUT2D eigenvalue weighted by Gasteiger charge is -2.15. The second kappa shape index (κ2) is 6.76. The Morgan fingerprint density at radius 2 is 2.14 bits per heavy atom. The first-order valence-electron chi connectivity index (χ1n) is 7.10. The molecule has 1 amide bonds. The summed E-state index contributed by atoms with van der Waals surface area (Å²) in [5.74, 6) is 0.810. The van der Waals surface area contributed by atoms with Gasteiger partial charge in [-0.15, -0.1) is 0 Å². The Morgan fingerprint density at radius 1 is 1.38 bits per heavy atom. The molecule has 114 valence electrons. The first kappa shape index (κ1) is 15.6. The monoisotopic (exact) mass is 307 g/mol. The van der Waals surface area contributed by atoms with Gasteiger partial charge in [-0.25, -0.2) is 4.98 Å². The van der Waals surface area contributed by atoms with Gasteiger partial charge in [0.05, 0.1) is 16.8 Å². The standard InChI is InChI=1S/C15H21N3O2S/c1-5-20-11-6-7-12-13(8-11)21-15(18-12)17-10(4)14(19)16-9(2)3/h6-10H,5H2,1-4H3,(H,16,19)(H,17,18). The Morgan fingerprint density at radius 3 is 2.81 bits per heavy atom. The van der Waals surface area contributed by atoms with Crippen LogP contribution in [0.1, 0.15) is 27.7 Å². The molecule has 2 N–H and O–H groups in total. The number of benzene rings is 1. The van der Waals surface area contributed by atoms with Gasteiger partial charge < -0.3 is 15.4 Å². The Labute approximate surface area is 128 Å². The van der Waals surface area contributed by atoms with E-state index in [-0.39, 0.29) is 18.0 Å². The summed E-state index contributed by atoms with van der Waals surface area (Å²) in [5.41, 5.74) is 0.905. The molecule has 2 rings (SSSR count). The first-order valence-corrected chi connectivity index (χ1v) is 7.91. The fourth-order valence-corrected chi connectivity index (χ4v) is 2.86. The molecule has 1 aromatic carbocycles. The van der Waals surface area contributed by atoms with Crippen LogP contribution >= 0.6 is 11.3 Å². The normalized spacial score (nSPS) is 12.4. The molecule has 0 bridgehead atoms. The molecule has 21 heavy (non-hydrogen) atoms. The highest BCUT2D eigenvalue weighted by atomic mass is 32.1. The van der Waals surface area contributed by atoms with Crippen molar-refractivity contribution in [2.24, 2.45) is 0 Å². The van der Waals surface area contributed by atoms with E-state index in [0.29, 0.717) is 6.61 Å². The number of hydrogen-bond acceptors (Lipinski definition) is 5. The molecular weight excluding hydrogens is 286 g/mol. The molecule has 0 spiro atoms. The van der Waals surface area contributed by atoms with Crippen molar-refractivity contribution in [1.82, 2.24) is 10.3 Å². The van der Waals surface area contributed by atoms with Gasteiger partial charge in [-0.2, -0.15) is 0 Å². The summed E-state index contributed by atoms with van der Waals surface area (Å²) in [4.78, 5) is 16.4. The van der Waals surface area contributed by atoms with Crippen LogP contribution in [-0.2, 0) is 4.79 Å². The van der Waals surface area contributed by atoms with Crippen molar-refractivity contribution in [3.8, 4) is 5.75 Å². The van der Waals surface area contributed by atoms with E-state index in [4.69, 9.17) is 4.74 Å². The third kappa shape index (κ3) is 4.07. The lowest BCUT2D eigenvalue weighted by atomic mass is 10.3. The number of nitrogens with zero attached hydrogens (tertiary/aromatic N) is 1. The molecule has 1 atom stereocenters. The summed E-state index contributed by atoms with van der Waals surface area (Å²) >= 11 is 1.52. The fourth-order valence-electron chi connectivity index (χ4n) is 1.88. The maximum atomic E-state index is 11.9. The number of carbonyl (C=O) groups is 1. The highest BCUT2D eigenvalue weighted by Crippen LogP contribution is 2.29. The molecule has 0 aliphatic heterocycles. The number of anilines is 1. The third-order valence-electron chi connectivity index (χ3n) is 2.84. The molecule has 1 heterocycles. The van der Waals surface area contributed by atoms with Gasteiger partial charge in [0.15, 0.2) is 5.13 Å². The number of thiazole rings is 1. The Hall–Kier alpha value is -1.82. The van der Waals surface area contributed by atoms with Crippen LogP contribution < -0.4 is 15.4 Å². The Bertz CT molecular complexity index is 624. The molecule has 0 fully saturated rings. The van der Waals surface area contributed by atoms with Gasteiger partial charge in [-0.05, 0) is 45.9 Å². The smallest absolute Gasteiger partial charge is 0.242 e. The number of rotatable bonds is 6. The number of fused-ring (bicyclic) bond motifs is 1. The minimum atomic E-state index is -0.320. The second-order valence-electron chi connectivity index (χ2n) is 5.11. The summed E-state index contributed by atoms with van der Waals surface area (Å²) in [6.07, 6.45) is 0. The molecule has 6 heteroatoms. The highest BCUT2D eigenvalue weighted by Gasteiger charge is 2.15. The summed E-state index contributed by atoms with van der Waals surface area (Å²) < 4.78 is 6.52. The maximum absolute atomic E-state index is 11.9. The number of aromatic nitrogens is 1. The molecule has 0 saturated carbocycles. The van der Waals surface area contributed by atoms with E-state index >= 15 is 0 Å². The molecule has 1 aromatic heterocycles. The van der Waals surface area contributed by atoms with Gasteiger partial charge in [0, 0.05) is 6.04 Å². The topological polar surface area (TPSA) is 63.2 Å². The van der Waals surface area contributed by atoms with E-state index in [1.165, 1.54) is 11.3 Å². The van der Waals surface area contributed by atoms with Gasteiger partial charge >= 0.3 is 0 Å². The van der Waals surface area contributed by atoms with Gasteiger partial charge in [0.1, 0.15) is 11.8 Å². The molecule has 0 aliphatic rings. The van der Waals surface area contributed by atoms with Gasteiger partial charge in [0.25, 0.3) is 0 Å². The number of amides is 1. The lowest BCUT2D eigenvalue weighted by molar-refractivity contribution is -0.122. The van der Waals surface area contributed by atoms with Crippen LogP contribution in [0.4, 0.5) is 5.13 Å². The number of carbonyl (C=O) groups excluding carboxylic acids is 1. The summed E-state index contributed by atoms with van der Waals surface area (Å²) in [7, 11) is 0. The van der Waals surface area contributed by atoms with Crippen molar-refractivity contribution in [1.29, 1.82) is 0 Å². The van der Waals surface area contributed by atoms with Crippen LogP contribution in [0.3, 0.4) is 0 Å². The van der Waals surface area contributed by atoms with E-state index in [0.717, 1.165) is 21.1 Å². The zero-order valence-corrected chi connectivity index (χ0v) is 13.6. The number of ether oxygens (including phenoxy) is 1. The van der Waals surface area contributed by atoms with E-state index < -0.39 is 0 Å². The van der Waals surface area contributed by atoms with Crippen LogP contribution in [0.25, 0.3) is 10.2 Å². The van der Waals surface area contributed by atoms with Crippen molar-refractivity contribution < 1.29 is 9.53 Å². The minimum absolute atomic E-state index is 0.0285. The van der Waals surface area contributed by atoms with Crippen molar-refractivity contribution in [2.75, 3.05) is 11.9 Å². The Balaban J connectivity index is 2.10. The van der Waals surface area contributed by atoms with Crippen LogP contribution in [0, 0.1) is 0 Å².